The van der Waals surface area contributed by atoms with Crippen LogP contribution in [0.4, 0.5) is 4.79 Å². The maximum atomic E-state index is 12.2. The van der Waals surface area contributed by atoms with E-state index >= 15 is 0 Å². The van der Waals surface area contributed by atoms with Crippen LogP contribution in [0.25, 0.3) is 0 Å². The zero-order chi connectivity index (χ0) is 13.9. The van der Waals surface area contributed by atoms with Gasteiger partial charge in [0.15, 0.2) is 0 Å². The third-order valence-corrected chi connectivity index (χ3v) is 3.29. The molecule has 106 valence electrons. The van der Waals surface area contributed by atoms with Gasteiger partial charge in [0, 0.05) is 30.9 Å². The number of aromatic amines is 1. The number of hydrogen-bond donors (Lipinski definition) is 1. The average molecular weight is 265 g/mol. The Balaban J connectivity index is 2.02. The normalized spacial score (nSPS) is 21.0. The molecule has 1 atom stereocenters. The van der Waals surface area contributed by atoms with Gasteiger partial charge in [0.1, 0.15) is 5.60 Å². The number of nitrogens with zero attached hydrogens (tertiary/aromatic N) is 2. The summed E-state index contributed by atoms with van der Waals surface area (Å²) in [4.78, 5) is 14.0. The largest absolute Gasteiger partial charge is 0.444 e. The van der Waals surface area contributed by atoms with E-state index in [0.717, 1.165) is 31.5 Å². The maximum absolute atomic E-state index is 12.2. The molecule has 0 spiro atoms. The molecule has 5 heteroatoms. The molecular formula is C14H23N3O2. The van der Waals surface area contributed by atoms with E-state index in [9.17, 15) is 4.79 Å². The van der Waals surface area contributed by atoms with Crippen LogP contribution in [0.5, 0.6) is 0 Å². The van der Waals surface area contributed by atoms with E-state index in [1.807, 2.05) is 31.7 Å². The molecule has 0 aliphatic carbocycles. The lowest BCUT2D eigenvalue weighted by atomic mass is 10.00. The lowest BCUT2D eigenvalue weighted by Gasteiger charge is -2.28. The molecule has 1 aromatic heterocycles. The summed E-state index contributed by atoms with van der Waals surface area (Å²) in [5.74, 6) is 0.331. The Bertz CT molecular complexity index is 409. The highest BCUT2D eigenvalue weighted by atomic mass is 16.6. The molecular weight excluding hydrogens is 242 g/mol. The molecule has 2 heterocycles. The number of aromatic nitrogens is 2. The Hall–Kier alpha value is -1.52. The number of ether oxygens (including phenoxy) is 1. The smallest absolute Gasteiger partial charge is 0.410 e. The van der Waals surface area contributed by atoms with Gasteiger partial charge >= 0.3 is 6.09 Å². The van der Waals surface area contributed by atoms with Crippen molar-refractivity contribution in [2.45, 2.75) is 51.6 Å². The number of carbonyl (C=O) groups is 1. The van der Waals surface area contributed by atoms with Crippen molar-refractivity contribution in [2.75, 3.05) is 13.1 Å². The summed E-state index contributed by atoms with van der Waals surface area (Å²) in [6.07, 6.45) is 4.80. The van der Waals surface area contributed by atoms with E-state index in [2.05, 4.69) is 10.2 Å². The van der Waals surface area contributed by atoms with Crippen LogP contribution in [0.1, 0.15) is 51.6 Å². The Labute approximate surface area is 114 Å². The highest BCUT2D eigenvalue weighted by Crippen LogP contribution is 2.25. The maximum Gasteiger partial charge on any atom is 0.410 e. The van der Waals surface area contributed by atoms with Crippen LogP contribution < -0.4 is 0 Å². The number of rotatable bonds is 1. The fourth-order valence-corrected chi connectivity index (χ4v) is 2.38. The predicted octanol–water partition coefficient (Wildman–Crippen LogP) is 2.91. The van der Waals surface area contributed by atoms with Gasteiger partial charge in [-0.1, -0.05) is 6.42 Å². The second kappa shape index (κ2) is 5.63. The highest BCUT2D eigenvalue weighted by molar-refractivity contribution is 5.68. The van der Waals surface area contributed by atoms with Crippen molar-refractivity contribution in [1.29, 1.82) is 0 Å². The first-order valence-electron chi connectivity index (χ1n) is 6.93. The first-order chi connectivity index (χ1) is 8.96. The fraction of sp³-hybridized carbons (Fsp3) is 0.714. The third-order valence-electron chi connectivity index (χ3n) is 3.29. The van der Waals surface area contributed by atoms with Crippen molar-refractivity contribution < 1.29 is 9.53 Å². The van der Waals surface area contributed by atoms with Crippen LogP contribution >= 0.6 is 0 Å². The zero-order valence-electron chi connectivity index (χ0n) is 12.0. The van der Waals surface area contributed by atoms with Gasteiger partial charge < -0.3 is 9.64 Å². The molecule has 1 saturated heterocycles. The van der Waals surface area contributed by atoms with E-state index in [0.29, 0.717) is 12.5 Å². The van der Waals surface area contributed by atoms with Gasteiger partial charge in [-0.25, -0.2) is 4.79 Å². The minimum absolute atomic E-state index is 0.209. The third kappa shape index (κ3) is 3.98. The molecule has 1 aliphatic rings. The van der Waals surface area contributed by atoms with Gasteiger partial charge in [0.05, 0.1) is 0 Å². The van der Waals surface area contributed by atoms with Crippen molar-refractivity contribution in [2.24, 2.45) is 0 Å². The second-order valence-electron chi connectivity index (χ2n) is 6.13. The van der Waals surface area contributed by atoms with Crippen molar-refractivity contribution in [3.63, 3.8) is 0 Å². The fourth-order valence-electron chi connectivity index (χ4n) is 2.38. The van der Waals surface area contributed by atoms with Gasteiger partial charge in [-0.15, -0.1) is 0 Å². The van der Waals surface area contributed by atoms with E-state index in [4.69, 9.17) is 4.74 Å². The van der Waals surface area contributed by atoms with E-state index < -0.39 is 5.60 Å². The monoisotopic (exact) mass is 265 g/mol. The number of likely N-dealkylation sites (tertiary alicyclic amines) is 1. The predicted molar refractivity (Wildman–Crippen MR) is 73.0 cm³/mol. The summed E-state index contributed by atoms with van der Waals surface area (Å²) in [5.41, 5.74) is 0.669. The standard InChI is InChI=1S/C14H23N3O2/c1-14(2,3)19-13(18)17-9-5-4-6-11(10-17)12-7-8-15-16-12/h7-8,11H,4-6,9-10H2,1-3H3,(H,15,16). The molecule has 19 heavy (non-hydrogen) atoms. The molecule has 1 amide bonds. The quantitative estimate of drug-likeness (QED) is 0.849. The van der Waals surface area contributed by atoms with Crippen LogP contribution in [0.3, 0.4) is 0 Å². The molecule has 0 aromatic carbocycles. The Morgan fingerprint density at radius 1 is 1.47 bits per heavy atom. The van der Waals surface area contributed by atoms with Crippen molar-refractivity contribution >= 4 is 6.09 Å². The summed E-state index contributed by atoms with van der Waals surface area (Å²) in [7, 11) is 0. The minimum Gasteiger partial charge on any atom is -0.444 e. The Kier molecular flexibility index (Phi) is 4.12. The molecule has 1 N–H and O–H groups in total. The van der Waals surface area contributed by atoms with Crippen molar-refractivity contribution in [1.82, 2.24) is 15.1 Å². The second-order valence-corrected chi connectivity index (χ2v) is 6.13. The van der Waals surface area contributed by atoms with Gasteiger partial charge in [-0.2, -0.15) is 5.10 Å². The average Bonchev–Trinajstić information content (AvgIpc) is 2.71. The van der Waals surface area contributed by atoms with Crippen molar-refractivity contribution in [3.8, 4) is 0 Å². The van der Waals surface area contributed by atoms with Crippen LogP contribution in [0.15, 0.2) is 12.3 Å². The zero-order valence-corrected chi connectivity index (χ0v) is 12.0. The van der Waals surface area contributed by atoms with Gasteiger partial charge in [0.2, 0.25) is 0 Å². The van der Waals surface area contributed by atoms with Gasteiger partial charge in [-0.05, 0) is 39.7 Å². The lowest BCUT2D eigenvalue weighted by molar-refractivity contribution is 0.0248. The lowest BCUT2D eigenvalue weighted by Crippen LogP contribution is -2.38. The highest BCUT2D eigenvalue weighted by Gasteiger charge is 2.27. The molecule has 0 bridgehead atoms. The van der Waals surface area contributed by atoms with Gasteiger partial charge in [0.25, 0.3) is 0 Å². The number of carbonyl (C=O) groups excluding carboxylic acids is 1. The molecule has 5 nitrogen and oxygen atoms in total. The van der Waals surface area contributed by atoms with E-state index in [-0.39, 0.29) is 6.09 Å². The van der Waals surface area contributed by atoms with Gasteiger partial charge in [-0.3, -0.25) is 5.10 Å². The molecule has 1 unspecified atom stereocenters. The summed E-state index contributed by atoms with van der Waals surface area (Å²) >= 11 is 0. The molecule has 0 saturated carbocycles. The Morgan fingerprint density at radius 3 is 2.89 bits per heavy atom. The summed E-state index contributed by atoms with van der Waals surface area (Å²) in [5, 5.41) is 7.01. The SMILES string of the molecule is CC(C)(C)OC(=O)N1CCCCC(c2ccn[nH]2)C1. The topological polar surface area (TPSA) is 58.2 Å². The van der Waals surface area contributed by atoms with E-state index in [1.165, 1.54) is 0 Å². The Morgan fingerprint density at radius 2 is 2.26 bits per heavy atom. The molecule has 1 aliphatic heterocycles. The van der Waals surface area contributed by atoms with Crippen LogP contribution in [0.2, 0.25) is 0 Å². The summed E-state index contributed by atoms with van der Waals surface area (Å²) < 4.78 is 5.46. The summed E-state index contributed by atoms with van der Waals surface area (Å²) in [6, 6.07) is 1.99. The van der Waals surface area contributed by atoms with Crippen molar-refractivity contribution in [3.05, 3.63) is 18.0 Å². The molecule has 1 aromatic rings. The molecule has 0 radical (unpaired) electrons. The summed E-state index contributed by atoms with van der Waals surface area (Å²) in [6.45, 7) is 7.18. The number of nitrogens with one attached hydrogen (secondary N) is 1. The minimum atomic E-state index is -0.438. The number of amides is 1. The van der Waals surface area contributed by atoms with Crippen LogP contribution in [-0.4, -0.2) is 39.9 Å². The van der Waals surface area contributed by atoms with E-state index in [1.54, 1.807) is 6.20 Å². The number of H-pyrrole nitrogens is 1. The number of hydrogen-bond acceptors (Lipinski definition) is 3. The first kappa shape index (κ1) is 13.9. The van der Waals surface area contributed by atoms with Crippen LogP contribution in [0, 0.1) is 0 Å². The molecule has 1 fully saturated rings. The first-order valence-corrected chi connectivity index (χ1v) is 6.93. The molecule has 2 rings (SSSR count). The van der Waals surface area contributed by atoms with Crippen LogP contribution in [-0.2, 0) is 4.74 Å².